The molecule has 0 aromatic heterocycles. The molecule has 0 fully saturated rings. The Balaban J connectivity index is 1.90. The number of rotatable bonds is 7. The molecule has 0 heterocycles. The van der Waals surface area contributed by atoms with Gasteiger partial charge in [0.05, 0.1) is 18.8 Å². The summed E-state index contributed by atoms with van der Waals surface area (Å²) in [6.07, 6.45) is -3.75. The van der Waals surface area contributed by atoms with Gasteiger partial charge in [-0.05, 0) is 61.9 Å². The Morgan fingerprint density at radius 3 is 1.96 bits per heavy atom. The Hall–Kier alpha value is -2.70. The molecule has 0 aliphatic heterocycles. The first kappa shape index (κ1) is 19.6. The maximum absolute atomic E-state index is 12.5. The van der Waals surface area contributed by atoms with E-state index in [2.05, 4.69) is 4.74 Å². The Morgan fingerprint density at radius 1 is 0.962 bits per heavy atom. The van der Waals surface area contributed by atoms with Gasteiger partial charge in [-0.15, -0.1) is 0 Å². The average molecular weight is 368 g/mol. The molecule has 2 aromatic rings. The van der Waals surface area contributed by atoms with Gasteiger partial charge in [0.1, 0.15) is 17.2 Å². The summed E-state index contributed by atoms with van der Waals surface area (Å²) in [5, 5.41) is 0. The van der Waals surface area contributed by atoms with Gasteiger partial charge in [0.2, 0.25) is 0 Å². The molecule has 0 aliphatic rings. The molecule has 0 bridgehead atoms. The fourth-order valence-corrected chi connectivity index (χ4v) is 2.15. The van der Waals surface area contributed by atoms with Gasteiger partial charge in [-0.2, -0.15) is 13.2 Å². The van der Waals surface area contributed by atoms with Gasteiger partial charge in [0.15, 0.2) is 0 Å². The van der Waals surface area contributed by atoms with Crippen molar-refractivity contribution in [1.82, 2.24) is 0 Å². The quantitative estimate of drug-likeness (QED) is 0.629. The largest absolute Gasteiger partial charge is 0.491 e. The Bertz CT molecular complexity index is 709. The van der Waals surface area contributed by atoms with Crippen LogP contribution in [-0.2, 0) is 15.7 Å². The molecule has 0 N–H and O–H groups in total. The molecule has 1 atom stereocenters. The van der Waals surface area contributed by atoms with Gasteiger partial charge < -0.3 is 14.2 Å². The first-order valence-corrected chi connectivity index (χ1v) is 7.96. The van der Waals surface area contributed by atoms with Crippen molar-refractivity contribution >= 4 is 5.97 Å². The predicted molar refractivity (Wildman–Crippen MR) is 89.3 cm³/mol. The highest BCUT2D eigenvalue weighted by Crippen LogP contribution is 2.31. The minimum Gasteiger partial charge on any atom is -0.491 e. The molecule has 1 unspecified atom stereocenters. The molecule has 7 heteroatoms. The summed E-state index contributed by atoms with van der Waals surface area (Å²) in [4.78, 5) is 11.1. The second-order valence-corrected chi connectivity index (χ2v) is 5.64. The van der Waals surface area contributed by atoms with Gasteiger partial charge >= 0.3 is 12.1 Å². The maximum Gasteiger partial charge on any atom is 0.416 e. The van der Waals surface area contributed by atoms with E-state index < -0.39 is 11.7 Å². The van der Waals surface area contributed by atoms with Crippen LogP contribution in [0.15, 0.2) is 48.5 Å². The van der Waals surface area contributed by atoms with Crippen LogP contribution in [0.2, 0.25) is 0 Å². The molecule has 2 aromatic carbocycles. The monoisotopic (exact) mass is 368 g/mol. The molecule has 0 saturated carbocycles. The van der Waals surface area contributed by atoms with Crippen molar-refractivity contribution in [3.63, 3.8) is 0 Å². The lowest BCUT2D eigenvalue weighted by Gasteiger charge is -2.14. The maximum atomic E-state index is 12.5. The van der Waals surface area contributed by atoms with E-state index in [9.17, 15) is 18.0 Å². The smallest absolute Gasteiger partial charge is 0.416 e. The van der Waals surface area contributed by atoms with Gasteiger partial charge in [-0.25, -0.2) is 0 Å². The van der Waals surface area contributed by atoms with E-state index in [1.54, 1.807) is 24.3 Å². The summed E-state index contributed by atoms with van der Waals surface area (Å²) < 4.78 is 53.4. The molecular formula is C19H19F3O4. The second kappa shape index (κ2) is 8.60. The van der Waals surface area contributed by atoms with E-state index >= 15 is 0 Å². The van der Waals surface area contributed by atoms with Gasteiger partial charge in [0.25, 0.3) is 0 Å². The number of carbonyl (C=O) groups excluding carboxylic acids is 1. The Morgan fingerprint density at radius 2 is 1.46 bits per heavy atom. The van der Waals surface area contributed by atoms with Crippen molar-refractivity contribution in [2.45, 2.75) is 32.0 Å². The van der Waals surface area contributed by atoms with E-state index in [4.69, 9.17) is 9.47 Å². The second-order valence-electron chi connectivity index (χ2n) is 5.64. The highest BCUT2D eigenvalue weighted by Gasteiger charge is 2.30. The van der Waals surface area contributed by atoms with Crippen LogP contribution in [0.5, 0.6) is 17.2 Å². The van der Waals surface area contributed by atoms with Crippen molar-refractivity contribution in [3.8, 4) is 17.2 Å². The molecule has 0 spiro atoms. The van der Waals surface area contributed by atoms with Crippen molar-refractivity contribution in [3.05, 3.63) is 54.1 Å². The van der Waals surface area contributed by atoms with Crippen LogP contribution in [0, 0.1) is 0 Å². The zero-order valence-electron chi connectivity index (χ0n) is 14.4. The summed E-state index contributed by atoms with van der Waals surface area (Å²) in [7, 11) is 1.34. The van der Waals surface area contributed by atoms with E-state index in [1.165, 1.54) is 19.2 Å². The van der Waals surface area contributed by atoms with Crippen molar-refractivity contribution in [2.75, 3.05) is 7.11 Å². The lowest BCUT2D eigenvalue weighted by Crippen LogP contribution is -2.14. The molecule has 140 valence electrons. The summed E-state index contributed by atoms with van der Waals surface area (Å²) in [5.74, 6) is 1.08. The summed E-state index contributed by atoms with van der Waals surface area (Å²) in [6, 6.07) is 11.2. The number of methoxy groups -OCH3 is 1. The van der Waals surface area contributed by atoms with Crippen LogP contribution in [0.1, 0.15) is 25.3 Å². The van der Waals surface area contributed by atoms with Crippen LogP contribution < -0.4 is 9.47 Å². The van der Waals surface area contributed by atoms with Crippen molar-refractivity contribution in [1.29, 1.82) is 0 Å². The van der Waals surface area contributed by atoms with E-state index in [0.29, 0.717) is 23.7 Å². The molecule has 2 rings (SSSR count). The number of benzene rings is 2. The van der Waals surface area contributed by atoms with E-state index in [0.717, 1.165) is 12.1 Å². The van der Waals surface area contributed by atoms with E-state index in [1.807, 2.05) is 6.92 Å². The summed E-state index contributed by atoms with van der Waals surface area (Å²) in [5.41, 5.74) is -0.727. The predicted octanol–water partition coefficient (Wildman–Crippen LogP) is 5.22. The molecule has 26 heavy (non-hydrogen) atoms. The van der Waals surface area contributed by atoms with Crippen LogP contribution in [0.4, 0.5) is 13.2 Å². The fraction of sp³-hybridized carbons (Fsp3) is 0.316. The molecule has 0 amide bonds. The standard InChI is InChI=1S/C19H19F3O4/c1-13(3-12-18(23)24-2)25-15-8-10-17(11-9-15)26-16-6-4-14(5-7-16)19(20,21)22/h4-11,13H,3,12H2,1-2H3. The number of ether oxygens (including phenoxy) is 3. The highest BCUT2D eigenvalue weighted by molar-refractivity contribution is 5.69. The molecule has 0 radical (unpaired) electrons. The minimum absolute atomic E-state index is 0.171. The Kier molecular flexibility index (Phi) is 6.49. The third kappa shape index (κ3) is 5.98. The van der Waals surface area contributed by atoms with Crippen molar-refractivity contribution in [2.24, 2.45) is 0 Å². The van der Waals surface area contributed by atoms with E-state index in [-0.39, 0.29) is 18.5 Å². The topological polar surface area (TPSA) is 44.8 Å². The molecule has 4 nitrogen and oxygen atoms in total. The van der Waals surface area contributed by atoms with Crippen molar-refractivity contribution < 1.29 is 32.2 Å². The molecule has 0 saturated heterocycles. The molecule has 0 aliphatic carbocycles. The minimum atomic E-state index is -4.37. The lowest BCUT2D eigenvalue weighted by atomic mass is 10.2. The third-order valence-electron chi connectivity index (χ3n) is 3.56. The van der Waals surface area contributed by atoms with Crippen LogP contribution >= 0.6 is 0 Å². The number of halogens is 3. The zero-order chi connectivity index (χ0) is 19.2. The van der Waals surface area contributed by atoms with Crippen LogP contribution in [0.25, 0.3) is 0 Å². The first-order chi connectivity index (χ1) is 12.3. The van der Waals surface area contributed by atoms with Crippen LogP contribution in [0.3, 0.4) is 0 Å². The number of carbonyl (C=O) groups is 1. The van der Waals surface area contributed by atoms with Crippen LogP contribution in [-0.4, -0.2) is 19.2 Å². The zero-order valence-corrected chi connectivity index (χ0v) is 14.4. The van der Waals surface area contributed by atoms with Gasteiger partial charge in [-0.1, -0.05) is 0 Å². The summed E-state index contributed by atoms with van der Waals surface area (Å²) in [6.45, 7) is 1.84. The summed E-state index contributed by atoms with van der Waals surface area (Å²) >= 11 is 0. The first-order valence-electron chi connectivity index (χ1n) is 7.96. The number of esters is 1. The third-order valence-corrected chi connectivity index (χ3v) is 3.56. The number of alkyl halides is 3. The number of hydrogen-bond acceptors (Lipinski definition) is 4. The molecular weight excluding hydrogens is 349 g/mol. The average Bonchev–Trinajstić information content (AvgIpc) is 2.61. The Labute approximate surface area is 149 Å². The SMILES string of the molecule is COC(=O)CCC(C)Oc1ccc(Oc2ccc(C(F)(F)F)cc2)cc1. The lowest BCUT2D eigenvalue weighted by molar-refractivity contribution is -0.141. The van der Waals surface area contributed by atoms with Gasteiger partial charge in [0, 0.05) is 6.42 Å². The van der Waals surface area contributed by atoms with Gasteiger partial charge in [-0.3, -0.25) is 4.79 Å². The highest BCUT2D eigenvalue weighted by atomic mass is 19.4. The normalized spacial score (nSPS) is 12.3. The number of hydrogen-bond donors (Lipinski definition) is 0. The fourth-order valence-electron chi connectivity index (χ4n) is 2.15.